The summed E-state index contributed by atoms with van der Waals surface area (Å²) in [7, 11) is 0. The monoisotopic (exact) mass is 333 g/mol. The van der Waals surface area contributed by atoms with Gasteiger partial charge in [-0.1, -0.05) is 0 Å². The van der Waals surface area contributed by atoms with E-state index in [9.17, 15) is 14.0 Å². The Morgan fingerprint density at radius 1 is 1.04 bits per heavy atom. The first kappa shape index (κ1) is 16.9. The lowest BCUT2D eigenvalue weighted by atomic mass is 9.95. The number of amides is 2. The number of hydrogen-bond acceptors (Lipinski definition) is 3. The molecule has 5 nitrogen and oxygen atoms in total. The van der Waals surface area contributed by atoms with Crippen LogP contribution in [0.5, 0.6) is 0 Å². The molecule has 0 aliphatic carbocycles. The van der Waals surface area contributed by atoms with Crippen molar-refractivity contribution in [3.8, 4) is 0 Å². The van der Waals surface area contributed by atoms with Crippen LogP contribution in [-0.4, -0.2) is 54.3 Å². The van der Waals surface area contributed by atoms with Crippen LogP contribution in [0, 0.1) is 11.7 Å². The smallest absolute Gasteiger partial charge is 0.238 e. The fourth-order valence-electron chi connectivity index (χ4n) is 3.47. The summed E-state index contributed by atoms with van der Waals surface area (Å²) in [6, 6.07) is 5.75. The third-order valence-corrected chi connectivity index (χ3v) is 4.85. The second-order valence-electron chi connectivity index (χ2n) is 6.64. The first-order valence-corrected chi connectivity index (χ1v) is 8.68. The number of anilines is 1. The van der Waals surface area contributed by atoms with Crippen molar-refractivity contribution in [2.24, 2.45) is 5.92 Å². The van der Waals surface area contributed by atoms with Crippen molar-refractivity contribution in [2.75, 3.05) is 38.0 Å². The van der Waals surface area contributed by atoms with Crippen molar-refractivity contribution in [3.63, 3.8) is 0 Å². The first-order chi connectivity index (χ1) is 11.6. The Morgan fingerprint density at radius 3 is 2.29 bits per heavy atom. The van der Waals surface area contributed by atoms with E-state index in [2.05, 4.69) is 10.2 Å². The zero-order chi connectivity index (χ0) is 16.9. The highest BCUT2D eigenvalue weighted by atomic mass is 19.1. The molecule has 2 saturated heterocycles. The molecular formula is C18H24FN3O2. The Hall–Kier alpha value is -1.95. The van der Waals surface area contributed by atoms with Gasteiger partial charge < -0.3 is 10.2 Å². The van der Waals surface area contributed by atoms with Gasteiger partial charge >= 0.3 is 0 Å². The summed E-state index contributed by atoms with van der Waals surface area (Å²) in [6.45, 7) is 3.64. The molecule has 2 fully saturated rings. The maximum Gasteiger partial charge on any atom is 0.238 e. The van der Waals surface area contributed by atoms with Gasteiger partial charge in [-0.15, -0.1) is 0 Å². The van der Waals surface area contributed by atoms with E-state index in [1.54, 1.807) is 12.1 Å². The molecule has 3 rings (SSSR count). The molecular weight excluding hydrogens is 309 g/mol. The van der Waals surface area contributed by atoms with Crippen molar-refractivity contribution in [1.82, 2.24) is 9.80 Å². The first-order valence-electron chi connectivity index (χ1n) is 8.68. The zero-order valence-corrected chi connectivity index (χ0v) is 13.8. The highest BCUT2D eigenvalue weighted by Gasteiger charge is 2.30. The number of benzene rings is 1. The number of nitrogens with one attached hydrogen (secondary N) is 1. The predicted octanol–water partition coefficient (Wildman–Crippen LogP) is 2.10. The van der Waals surface area contributed by atoms with Crippen LogP contribution in [0.1, 0.15) is 25.7 Å². The van der Waals surface area contributed by atoms with E-state index < -0.39 is 0 Å². The molecule has 1 aromatic carbocycles. The normalized spacial score (nSPS) is 19.5. The van der Waals surface area contributed by atoms with E-state index >= 15 is 0 Å². The zero-order valence-electron chi connectivity index (χ0n) is 13.8. The summed E-state index contributed by atoms with van der Waals surface area (Å²) in [5, 5.41) is 2.77. The van der Waals surface area contributed by atoms with Gasteiger partial charge in [0.05, 0.1) is 6.54 Å². The van der Waals surface area contributed by atoms with Crippen LogP contribution in [0.15, 0.2) is 24.3 Å². The molecule has 2 aliphatic heterocycles. The Morgan fingerprint density at radius 2 is 1.67 bits per heavy atom. The molecule has 0 aromatic heterocycles. The summed E-state index contributed by atoms with van der Waals surface area (Å²) in [4.78, 5) is 28.5. The maximum atomic E-state index is 12.9. The molecule has 2 aliphatic rings. The number of carbonyl (C=O) groups is 2. The van der Waals surface area contributed by atoms with Crippen LogP contribution in [0.25, 0.3) is 0 Å². The number of nitrogens with zero attached hydrogens (tertiary/aromatic N) is 2. The number of hydrogen-bond donors (Lipinski definition) is 1. The lowest BCUT2D eigenvalue weighted by molar-refractivity contribution is -0.136. The summed E-state index contributed by atoms with van der Waals surface area (Å²) >= 11 is 0. The van der Waals surface area contributed by atoms with Gasteiger partial charge in [0.15, 0.2) is 0 Å². The largest absolute Gasteiger partial charge is 0.342 e. The van der Waals surface area contributed by atoms with Gasteiger partial charge in [0.1, 0.15) is 5.82 Å². The van der Waals surface area contributed by atoms with Crippen molar-refractivity contribution < 1.29 is 14.0 Å². The molecule has 6 heteroatoms. The number of carbonyl (C=O) groups excluding carboxylic acids is 2. The number of piperidine rings is 1. The van der Waals surface area contributed by atoms with E-state index in [4.69, 9.17) is 0 Å². The second-order valence-corrected chi connectivity index (χ2v) is 6.64. The van der Waals surface area contributed by atoms with E-state index in [1.807, 2.05) is 4.90 Å². The standard InChI is InChI=1S/C18H24FN3O2/c19-15-3-5-16(6-4-15)20-17(23)13-21-11-7-14(8-12-21)18(24)22-9-1-2-10-22/h3-6,14H,1-2,7-13H2,(H,20,23). The maximum absolute atomic E-state index is 12.9. The number of rotatable bonds is 4. The molecule has 2 amide bonds. The third kappa shape index (κ3) is 4.32. The molecule has 0 unspecified atom stereocenters. The fraction of sp³-hybridized carbons (Fsp3) is 0.556. The Kier molecular flexibility index (Phi) is 5.45. The summed E-state index contributed by atoms with van der Waals surface area (Å²) in [5.74, 6) is -0.0221. The quantitative estimate of drug-likeness (QED) is 0.918. The van der Waals surface area contributed by atoms with E-state index in [1.165, 1.54) is 12.1 Å². The third-order valence-electron chi connectivity index (χ3n) is 4.85. The molecule has 130 valence electrons. The molecule has 1 N–H and O–H groups in total. The summed E-state index contributed by atoms with van der Waals surface area (Å²) in [6.07, 6.45) is 3.88. The molecule has 0 radical (unpaired) electrons. The van der Waals surface area contributed by atoms with Gasteiger partial charge in [-0.05, 0) is 63.0 Å². The average Bonchev–Trinajstić information content (AvgIpc) is 3.11. The Bertz CT molecular complexity index is 576. The molecule has 0 saturated carbocycles. The minimum Gasteiger partial charge on any atom is -0.342 e. The molecule has 1 aromatic rings. The highest BCUT2D eigenvalue weighted by molar-refractivity contribution is 5.92. The number of likely N-dealkylation sites (tertiary alicyclic amines) is 2. The Labute approximate surface area is 141 Å². The van der Waals surface area contributed by atoms with Crippen LogP contribution in [0.3, 0.4) is 0 Å². The van der Waals surface area contributed by atoms with Gasteiger partial charge in [0.2, 0.25) is 11.8 Å². The minimum absolute atomic E-state index is 0.106. The van der Waals surface area contributed by atoms with E-state index in [-0.39, 0.29) is 17.6 Å². The van der Waals surface area contributed by atoms with Crippen molar-refractivity contribution in [1.29, 1.82) is 0 Å². The van der Waals surface area contributed by atoms with Crippen LogP contribution in [0.2, 0.25) is 0 Å². The van der Waals surface area contributed by atoms with E-state index in [0.717, 1.165) is 51.9 Å². The summed E-state index contributed by atoms with van der Waals surface area (Å²) < 4.78 is 12.9. The van der Waals surface area contributed by atoms with Gasteiger partial charge in [0.25, 0.3) is 0 Å². The molecule has 0 spiro atoms. The molecule has 2 heterocycles. The van der Waals surface area contributed by atoms with Gasteiger partial charge in [-0.2, -0.15) is 0 Å². The average molecular weight is 333 g/mol. The van der Waals surface area contributed by atoms with Gasteiger partial charge in [-0.3, -0.25) is 14.5 Å². The van der Waals surface area contributed by atoms with Gasteiger partial charge in [-0.25, -0.2) is 4.39 Å². The van der Waals surface area contributed by atoms with Gasteiger partial charge in [0, 0.05) is 24.7 Å². The van der Waals surface area contributed by atoms with Crippen LogP contribution < -0.4 is 5.32 Å². The van der Waals surface area contributed by atoms with Crippen LogP contribution in [0.4, 0.5) is 10.1 Å². The molecule has 24 heavy (non-hydrogen) atoms. The van der Waals surface area contributed by atoms with Crippen molar-refractivity contribution >= 4 is 17.5 Å². The summed E-state index contributed by atoms with van der Waals surface area (Å²) in [5.41, 5.74) is 0.598. The predicted molar refractivity (Wildman–Crippen MR) is 90.0 cm³/mol. The number of halogens is 1. The fourth-order valence-corrected chi connectivity index (χ4v) is 3.47. The lowest BCUT2D eigenvalue weighted by Gasteiger charge is -2.32. The second kappa shape index (κ2) is 7.75. The van der Waals surface area contributed by atoms with Crippen LogP contribution in [-0.2, 0) is 9.59 Å². The van der Waals surface area contributed by atoms with E-state index in [0.29, 0.717) is 18.1 Å². The van der Waals surface area contributed by atoms with Crippen molar-refractivity contribution in [2.45, 2.75) is 25.7 Å². The SMILES string of the molecule is O=C(CN1CCC(C(=O)N2CCCC2)CC1)Nc1ccc(F)cc1. The van der Waals surface area contributed by atoms with Crippen molar-refractivity contribution in [3.05, 3.63) is 30.1 Å². The van der Waals surface area contributed by atoms with Crippen LogP contribution >= 0.6 is 0 Å². The highest BCUT2D eigenvalue weighted by Crippen LogP contribution is 2.22. The molecule has 0 bridgehead atoms. The Balaban J connectivity index is 1.42. The topological polar surface area (TPSA) is 52.7 Å². The molecule has 0 atom stereocenters. The minimum atomic E-state index is -0.322. The lowest BCUT2D eigenvalue weighted by Crippen LogP contribution is -2.43.